The maximum absolute atomic E-state index is 12.7. The van der Waals surface area contributed by atoms with Crippen molar-refractivity contribution in [3.05, 3.63) is 65.7 Å². The summed E-state index contributed by atoms with van der Waals surface area (Å²) in [6.07, 6.45) is 3.91. The van der Waals surface area contributed by atoms with Crippen molar-refractivity contribution in [3.8, 4) is 11.5 Å². The Hall–Kier alpha value is -3.59. The Morgan fingerprint density at radius 1 is 1.00 bits per heavy atom. The lowest BCUT2D eigenvalue weighted by Gasteiger charge is -2.30. The third kappa shape index (κ3) is 5.40. The zero-order valence-corrected chi connectivity index (χ0v) is 20.3. The van der Waals surface area contributed by atoms with Gasteiger partial charge in [-0.3, -0.25) is 10.2 Å². The van der Waals surface area contributed by atoms with E-state index >= 15 is 0 Å². The first-order chi connectivity index (χ1) is 17.1. The molecule has 3 heterocycles. The molecule has 1 amide bonds. The number of carbonyl (C=O) groups is 1. The monoisotopic (exact) mass is 489 g/mol. The van der Waals surface area contributed by atoms with Crippen LogP contribution in [0.2, 0.25) is 0 Å². The number of aliphatic imine (C=N–C) groups is 1. The molecular weight excluding hydrogens is 462 g/mol. The van der Waals surface area contributed by atoms with Gasteiger partial charge in [-0.1, -0.05) is 37.3 Å². The summed E-state index contributed by atoms with van der Waals surface area (Å²) in [6.45, 7) is 4.99. The van der Waals surface area contributed by atoms with Crippen LogP contribution in [0.1, 0.15) is 25.3 Å². The fraction of sp³-hybridized carbons (Fsp3) is 0.308. The van der Waals surface area contributed by atoms with Gasteiger partial charge in [0, 0.05) is 13.1 Å². The Labute approximate surface area is 208 Å². The van der Waals surface area contributed by atoms with Gasteiger partial charge in [-0.2, -0.15) is 10.0 Å². The van der Waals surface area contributed by atoms with E-state index in [0.717, 1.165) is 42.4 Å². The average Bonchev–Trinajstić information content (AvgIpc) is 3.30. The quantitative estimate of drug-likeness (QED) is 0.476. The molecular formula is C26H27N5O3S. The van der Waals surface area contributed by atoms with E-state index in [1.165, 1.54) is 16.8 Å². The molecule has 180 valence electrons. The molecule has 2 aromatic carbocycles. The largest absolute Gasteiger partial charge is 0.490 e. The van der Waals surface area contributed by atoms with Crippen LogP contribution in [-0.2, 0) is 4.79 Å². The van der Waals surface area contributed by atoms with Crippen molar-refractivity contribution in [2.24, 2.45) is 16.0 Å². The Kier molecular flexibility index (Phi) is 6.85. The third-order valence-electron chi connectivity index (χ3n) is 6.05. The number of thioether (sulfide) groups is 1. The minimum Gasteiger partial charge on any atom is -0.490 e. The number of hydrogen-bond acceptors (Lipinski definition) is 7. The summed E-state index contributed by atoms with van der Waals surface area (Å²) in [7, 11) is 0. The third-order valence-corrected chi connectivity index (χ3v) is 7.02. The molecule has 8 nitrogen and oxygen atoms in total. The molecule has 0 aromatic heterocycles. The molecule has 1 N–H and O–H groups in total. The van der Waals surface area contributed by atoms with Gasteiger partial charge in [-0.25, -0.2) is 0 Å². The second kappa shape index (κ2) is 10.4. The Morgan fingerprint density at radius 3 is 2.34 bits per heavy atom. The van der Waals surface area contributed by atoms with E-state index < -0.39 is 5.91 Å². The number of amidine groups is 3. The van der Waals surface area contributed by atoms with E-state index in [2.05, 4.69) is 21.9 Å². The Bertz CT molecular complexity index is 1190. The van der Waals surface area contributed by atoms with Gasteiger partial charge in [0.05, 0.1) is 5.57 Å². The zero-order valence-electron chi connectivity index (χ0n) is 19.5. The van der Waals surface area contributed by atoms with Crippen molar-refractivity contribution in [2.45, 2.75) is 19.8 Å². The van der Waals surface area contributed by atoms with E-state index in [0.29, 0.717) is 30.0 Å². The van der Waals surface area contributed by atoms with Gasteiger partial charge in [0.15, 0.2) is 11.0 Å². The molecule has 1 saturated heterocycles. The van der Waals surface area contributed by atoms with Gasteiger partial charge in [0.2, 0.25) is 5.17 Å². The minimum absolute atomic E-state index is 0.0475. The fourth-order valence-corrected chi connectivity index (χ4v) is 4.92. The number of para-hydroxylation sites is 1. The van der Waals surface area contributed by atoms with Crippen LogP contribution in [0.4, 0.5) is 0 Å². The van der Waals surface area contributed by atoms with Crippen LogP contribution in [0.5, 0.6) is 11.5 Å². The van der Waals surface area contributed by atoms with Crippen LogP contribution in [0, 0.1) is 11.3 Å². The van der Waals surface area contributed by atoms with Crippen molar-refractivity contribution < 1.29 is 14.3 Å². The van der Waals surface area contributed by atoms with Crippen LogP contribution >= 0.6 is 11.8 Å². The predicted molar refractivity (Wildman–Crippen MR) is 139 cm³/mol. The molecule has 2 aromatic rings. The molecule has 0 aliphatic carbocycles. The standard InChI is InChI=1S/C26H27N5O3S/c1-18-11-13-30(14-12-18)26-29-31-23(27)22(24(32)28-25(31)35-26)17-19-7-9-21(10-8-19)34-16-15-33-20-5-3-2-4-6-20/h2-10,17-18,27H,11-16H2,1H3/b22-17+,27-23?. The molecule has 1 fully saturated rings. The lowest BCUT2D eigenvalue weighted by molar-refractivity contribution is -0.114. The number of rotatable bonds is 6. The van der Waals surface area contributed by atoms with Crippen molar-refractivity contribution in [2.75, 3.05) is 26.3 Å². The van der Waals surface area contributed by atoms with Gasteiger partial charge >= 0.3 is 0 Å². The number of piperidine rings is 1. The molecule has 0 bridgehead atoms. The summed E-state index contributed by atoms with van der Waals surface area (Å²) in [6, 6.07) is 17.0. The van der Waals surface area contributed by atoms with Crippen LogP contribution in [0.15, 0.2) is 70.3 Å². The Balaban J connectivity index is 1.20. The molecule has 35 heavy (non-hydrogen) atoms. The summed E-state index contributed by atoms with van der Waals surface area (Å²) in [5, 5.41) is 15.9. The highest BCUT2D eigenvalue weighted by atomic mass is 32.2. The van der Waals surface area contributed by atoms with Crippen LogP contribution in [0.25, 0.3) is 6.08 Å². The lowest BCUT2D eigenvalue weighted by atomic mass is 10.00. The van der Waals surface area contributed by atoms with Gasteiger partial charge in [-0.15, -0.1) is 5.10 Å². The van der Waals surface area contributed by atoms with E-state index in [4.69, 9.17) is 14.9 Å². The van der Waals surface area contributed by atoms with Crippen LogP contribution < -0.4 is 9.47 Å². The fourth-order valence-electron chi connectivity index (χ4n) is 3.97. The molecule has 5 rings (SSSR count). The summed E-state index contributed by atoms with van der Waals surface area (Å²) < 4.78 is 11.4. The van der Waals surface area contributed by atoms with Gasteiger partial charge in [0.25, 0.3) is 5.91 Å². The van der Waals surface area contributed by atoms with E-state index in [1.807, 2.05) is 54.6 Å². The van der Waals surface area contributed by atoms with Gasteiger partial charge < -0.3 is 14.4 Å². The number of fused-ring (bicyclic) bond motifs is 1. The number of nitrogens with zero attached hydrogens (tertiary/aromatic N) is 4. The van der Waals surface area contributed by atoms with Gasteiger partial charge in [-0.05, 0) is 66.4 Å². The van der Waals surface area contributed by atoms with Gasteiger partial charge in [0.1, 0.15) is 24.7 Å². The Morgan fingerprint density at radius 2 is 1.66 bits per heavy atom. The molecule has 0 saturated carbocycles. The number of hydrogen-bond donors (Lipinski definition) is 1. The number of likely N-dealkylation sites (tertiary alicyclic amines) is 1. The normalized spacial score (nSPS) is 19.5. The lowest BCUT2D eigenvalue weighted by Crippen LogP contribution is -2.36. The maximum atomic E-state index is 12.7. The number of ether oxygens (including phenoxy) is 2. The molecule has 0 atom stereocenters. The van der Waals surface area contributed by atoms with Crippen molar-refractivity contribution >= 4 is 39.9 Å². The van der Waals surface area contributed by atoms with Crippen molar-refractivity contribution in [3.63, 3.8) is 0 Å². The second-order valence-electron chi connectivity index (χ2n) is 8.65. The average molecular weight is 490 g/mol. The predicted octanol–water partition coefficient (Wildman–Crippen LogP) is 4.45. The summed E-state index contributed by atoms with van der Waals surface area (Å²) in [5.41, 5.74) is 1.00. The summed E-state index contributed by atoms with van der Waals surface area (Å²) in [5.74, 6) is 1.85. The highest BCUT2D eigenvalue weighted by molar-refractivity contribution is 8.26. The molecule has 9 heteroatoms. The number of hydrazone groups is 1. The SMILES string of the molecule is CC1CCN(C2=NN3C(=N)/C(=C\c4ccc(OCCOc5ccccc5)cc4)C(=O)N=C3S2)CC1. The second-order valence-corrected chi connectivity index (χ2v) is 9.59. The minimum atomic E-state index is -0.421. The number of benzene rings is 2. The molecule has 0 spiro atoms. The smallest absolute Gasteiger partial charge is 0.283 e. The molecule has 3 aliphatic heterocycles. The molecule has 0 radical (unpaired) electrons. The number of carbonyl (C=O) groups excluding carboxylic acids is 1. The highest BCUT2D eigenvalue weighted by Gasteiger charge is 2.37. The molecule has 3 aliphatic rings. The first-order valence-corrected chi connectivity index (χ1v) is 12.5. The summed E-state index contributed by atoms with van der Waals surface area (Å²) >= 11 is 1.36. The highest BCUT2D eigenvalue weighted by Crippen LogP contribution is 2.31. The topological polar surface area (TPSA) is 90.6 Å². The maximum Gasteiger partial charge on any atom is 0.283 e. The number of nitrogens with one attached hydrogen (secondary N) is 1. The van der Waals surface area contributed by atoms with E-state index in [9.17, 15) is 4.79 Å². The number of amides is 1. The summed E-state index contributed by atoms with van der Waals surface area (Å²) in [4.78, 5) is 19.1. The van der Waals surface area contributed by atoms with E-state index in [-0.39, 0.29) is 11.4 Å². The van der Waals surface area contributed by atoms with Crippen molar-refractivity contribution in [1.82, 2.24) is 9.91 Å². The zero-order chi connectivity index (χ0) is 24.2. The van der Waals surface area contributed by atoms with Crippen molar-refractivity contribution in [1.29, 1.82) is 5.41 Å². The first-order valence-electron chi connectivity index (χ1n) is 11.7. The van der Waals surface area contributed by atoms with Crippen LogP contribution in [-0.4, -0.2) is 58.3 Å². The molecule has 0 unspecified atom stereocenters. The van der Waals surface area contributed by atoms with Crippen LogP contribution in [0.3, 0.4) is 0 Å². The van der Waals surface area contributed by atoms with E-state index in [1.54, 1.807) is 6.08 Å². The first kappa shape index (κ1) is 23.2.